The number of fused-ring (bicyclic) bond motifs is 1. The lowest BCUT2D eigenvalue weighted by atomic mass is 9.57. The van der Waals surface area contributed by atoms with Gasteiger partial charge in [0.05, 0.1) is 6.10 Å². The molecule has 0 bridgehead atoms. The maximum atomic E-state index is 10.1. The van der Waals surface area contributed by atoms with E-state index in [2.05, 4.69) is 19.1 Å². The summed E-state index contributed by atoms with van der Waals surface area (Å²) < 4.78 is 0. The van der Waals surface area contributed by atoms with Gasteiger partial charge < -0.3 is 5.11 Å². The Morgan fingerprint density at radius 2 is 1.84 bits per heavy atom. The zero-order valence-corrected chi connectivity index (χ0v) is 18.2. The summed E-state index contributed by atoms with van der Waals surface area (Å²) in [7, 11) is 0. The van der Waals surface area contributed by atoms with Crippen LogP contribution in [0.5, 0.6) is 0 Å². The van der Waals surface area contributed by atoms with E-state index in [0.717, 1.165) is 6.42 Å². The van der Waals surface area contributed by atoms with Gasteiger partial charge in [0.25, 0.3) is 0 Å². The molecular weight excluding hydrogens is 344 g/mol. The molecule has 1 nitrogen and oxygen atoms in total. The number of thiol groups is 2. The van der Waals surface area contributed by atoms with Crippen LogP contribution >= 0.6 is 25.3 Å². The molecule has 25 heavy (non-hydrogen) atoms. The van der Waals surface area contributed by atoms with Gasteiger partial charge in [0.1, 0.15) is 0 Å². The molecule has 2 aliphatic rings. The second-order valence-electron chi connectivity index (χ2n) is 8.83. The van der Waals surface area contributed by atoms with Crippen molar-refractivity contribution >= 4 is 25.3 Å². The van der Waals surface area contributed by atoms with Crippen molar-refractivity contribution in [2.45, 2.75) is 114 Å². The molecule has 0 spiro atoms. The lowest BCUT2D eigenvalue weighted by Crippen LogP contribution is -2.45. The van der Waals surface area contributed by atoms with E-state index in [4.69, 9.17) is 25.3 Å². The normalized spacial score (nSPS) is 38.2. The highest BCUT2D eigenvalue weighted by Crippen LogP contribution is 2.64. The molecule has 2 rings (SSSR count). The number of hydrogen-bond donors (Lipinski definition) is 3. The Balaban J connectivity index is 2.39. The molecule has 146 valence electrons. The summed E-state index contributed by atoms with van der Waals surface area (Å²) in [6, 6.07) is 0. The second kappa shape index (κ2) is 10.1. The first kappa shape index (κ1) is 21.7. The maximum absolute atomic E-state index is 10.1. The molecule has 5 unspecified atom stereocenters. The monoisotopic (exact) mass is 384 g/mol. The number of allylic oxidation sites excluding steroid dienone is 2. The molecule has 1 fully saturated rings. The van der Waals surface area contributed by atoms with E-state index < -0.39 is 0 Å². The quantitative estimate of drug-likeness (QED) is 0.360. The molecule has 1 saturated carbocycles. The Morgan fingerprint density at radius 3 is 2.56 bits per heavy atom. The number of hydrogen-bond acceptors (Lipinski definition) is 3. The van der Waals surface area contributed by atoms with Crippen molar-refractivity contribution in [2.24, 2.45) is 10.8 Å². The van der Waals surface area contributed by atoms with Gasteiger partial charge in [-0.15, -0.1) is 0 Å². The third kappa shape index (κ3) is 5.23. The Bertz CT molecular complexity index is 422. The third-order valence-corrected chi connectivity index (χ3v) is 7.95. The number of aliphatic hydroxyl groups excluding tert-OH is 1. The van der Waals surface area contributed by atoms with E-state index in [1.807, 2.05) is 6.92 Å². The Hall–Kier alpha value is 0.400. The minimum absolute atomic E-state index is 0.221. The third-order valence-electron chi connectivity index (χ3n) is 6.88. The van der Waals surface area contributed by atoms with Crippen LogP contribution in [0, 0.1) is 10.8 Å². The molecule has 5 atom stereocenters. The van der Waals surface area contributed by atoms with Crippen molar-refractivity contribution in [3.8, 4) is 0 Å². The van der Waals surface area contributed by atoms with Gasteiger partial charge in [0, 0.05) is 10.5 Å². The Morgan fingerprint density at radius 1 is 1.12 bits per heavy atom. The standard InChI is InChI=1S/C22H40OS2/c1-3-12-21-13-10-8-6-4-5-7-9-11-14-22(21,17-19(24)16-21)20(25)15-18(2)23/h8,10,18-20,23-25H,3-7,9,11-17H2,1-2H3/b10-8-. The molecule has 0 amide bonds. The highest BCUT2D eigenvalue weighted by molar-refractivity contribution is 7.81. The van der Waals surface area contributed by atoms with Crippen LogP contribution in [0.1, 0.15) is 97.3 Å². The Kier molecular flexibility index (Phi) is 8.75. The van der Waals surface area contributed by atoms with E-state index >= 15 is 0 Å². The smallest absolute Gasteiger partial charge is 0.0522 e. The fourth-order valence-electron chi connectivity index (χ4n) is 5.81. The van der Waals surface area contributed by atoms with Crippen LogP contribution in [-0.4, -0.2) is 21.7 Å². The van der Waals surface area contributed by atoms with Gasteiger partial charge in [0.2, 0.25) is 0 Å². The number of rotatable bonds is 5. The van der Waals surface area contributed by atoms with Gasteiger partial charge in [-0.2, -0.15) is 25.3 Å². The first-order chi connectivity index (χ1) is 12.0. The van der Waals surface area contributed by atoms with E-state index in [-0.39, 0.29) is 16.8 Å². The lowest BCUT2D eigenvalue weighted by Gasteiger charge is -2.50. The summed E-state index contributed by atoms with van der Waals surface area (Å²) in [5, 5.41) is 10.8. The summed E-state index contributed by atoms with van der Waals surface area (Å²) in [5.41, 5.74) is 0.532. The predicted molar refractivity (Wildman–Crippen MR) is 117 cm³/mol. The van der Waals surface area contributed by atoms with Gasteiger partial charge >= 0.3 is 0 Å². The molecule has 0 aliphatic heterocycles. The van der Waals surface area contributed by atoms with Gasteiger partial charge in [-0.3, -0.25) is 0 Å². The minimum atomic E-state index is -0.271. The highest BCUT2D eigenvalue weighted by Gasteiger charge is 2.58. The van der Waals surface area contributed by atoms with Crippen LogP contribution in [0.3, 0.4) is 0 Å². The van der Waals surface area contributed by atoms with Crippen molar-refractivity contribution < 1.29 is 5.11 Å². The van der Waals surface area contributed by atoms with E-state index in [1.165, 1.54) is 77.0 Å². The second-order valence-corrected chi connectivity index (χ2v) is 10.2. The summed E-state index contributed by atoms with van der Waals surface area (Å²) in [6.07, 6.45) is 20.7. The average molecular weight is 385 g/mol. The molecule has 0 aromatic rings. The summed E-state index contributed by atoms with van der Waals surface area (Å²) in [6.45, 7) is 4.25. The topological polar surface area (TPSA) is 20.2 Å². The molecule has 3 heteroatoms. The van der Waals surface area contributed by atoms with Crippen molar-refractivity contribution in [1.82, 2.24) is 0 Å². The van der Waals surface area contributed by atoms with Crippen LogP contribution < -0.4 is 0 Å². The number of aliphatic hydroxyl groups is 1. The fourth-order valence-corrected chi connectivity index (χ4v) is 7.30. The largest absolute Gasteiger partial charge is 0.393 e. The lowest BCUT2D eigenvalue weighted by molar-refractivity contribution is 0.0310. The predicted octanol–water partition coefficient (Wildman–Crippen LogP) is 6.61. The van der Waals surface area contributed by atoms with Crippen molar-refractivity contribution in [3.05, 3.63) is 12.2 Å². The summed E-state index contributed by atoms with van der Waals surface area (Å²) in [5.74, 6) is 0. The fraction of sp³-hybridized carbons (Fsp3) is 0.909. The SMILES string of the molecule is CCCC12C/C=C\CCCCCCCC1(C(S)CC(C)O)CC(S)C2. The summed E-state index contributed by atoms with van der Waals surface area (Å²) in [4.78, 5) is 0. The van der Waals surface area contributed by atoms with Gasteiger partial charge in [-0.25, -0.2) is 0 Å². The molecule has 0 saturated heterocycles. The molecule has 0 aromatic heterocycles. The van der Waals surface area contributed by atoms with Gasteiger partial charge in [0.15, 0.2) is 0 Å². The van der Waals surface area contributed by atoms with Crippen molar-refractivity contribution in [1.29, 1.82) is 0 Å². The minimum Gasteiger partial charge on any atom is -0.393 e. The molecule has 0 heterocycles. The van der Waals surface area contributed by atoms with Gasteiger partial charge in [-0.1, -0.05) is 51.2 Å². The molecule has 0 aromatic carbocycles. The zero-order valence-electron chi connectivity index (χ0n) is 16.4. The molecule has 2 aliphatic carbocycles. The van der Waals surface area contributed by atoms with Crippen LogP contribution in [0.4, 0.5) is 0 Å². The van der Waals surface area contributed by atoms with Crippen LogP contribution in [0.2, 0.25) is 0 Å². The van der Waals surface area contributed by atoms with Crippen molar-refractivity contribution in [3.63, 3.8) is 0 Å². The maximum Gasteiger partial charge on any atom is 0.0522 e. The van der Waals surface area contributed by atoms with E-state index in [9.17, 15) is 5.11 Å². The first-order valence-electron chi connectivity index (χ1n) is 10.6. The average Bonchev–Trinajstić information content (AvgIpc) is 2.80. The molecule has 0 radical (unpaired) electrons. The van der Waals surface area contributed by atoms with Crippen LogP contribution in [-0.2, 0) is 0 Å². The summed E-state index contributed by atoms with van der Waals surface area (Å²) >= 11 is 10.1. The van der Waals surface area contributed by atoms with Crippen LogP contribution in [0.15, 0.2) is 12.2 Å². The van der Waals surface area contributed by atoms with E-state index in [0.29, 0.717) is 10.7 Å². The first-order valence-corrected chi connectivity index (χ1v) is 11.7. The Labute approximate surface area is 167 Å². The van der Waals surface area contributed by atoms with Crippen molar-refractivity contribution in [2.75, 3.05) is 0 Å². The molecule has 1 N–H and O–H groups in total. The molecular formula is C22H40OS2. The zero-order chi connectivity index (χ0) is 18.3. The van der Waals surface area contributed by atoms with Gasteiger partial charge in [-0.05, 0) is 69.1 Å². The van der Waals surface area contributed by atoms with Crippen LogP contribution in [0.25, 0.3) is 0 Å². The van der Waals surface area contributed by atoms with E-state index in [1.54, 1.807) is 0 Å². The highest BCUT2D eigenvalue weighted by atomic mass is 32.1.